The van der Waals surface area contributed by atoms with Crippen molar-refractivity contribution in [2.75, 3.05) is 5.43 Å². The highest BCUT2D eigenvalue weighted by Crippen LogP contribution is 2.30. The Kier molecular flexibility index (Phi) is 6.53. The van der Waals surface area contributed by atoms with Crippen molar-refractivity contribution in [2.45, 2.75) is 32.9 Å². The van der Waals surface area contributed by atoms with Crippen LogP contribution in [-0.2, 0) is 19.6 Å². The van der Waals surface area contributed by atoms with Gasteiger partial charge in [-0.15, -0.1) is 0 Å². The highest BCUT2D eigenvalue weighted by atomic mass is 35.5. The molecule has 0 aliphatic carbocycles. The van der Waals surface area contributed by atoms with Crippen molar-refractivity contribution in [3.05, 3.63) is 87.2 Å². The number of hydrogen-bond acceptors (Lipinski definition) is 4. The summed E-state index contributed by atoms with van der Waals surface area (Å²) in [7, 11) is 0. The molecule has 3 aromatic carbocycles. The van der Waals surface area contributed by atoms with Gasteiger partial charge in [-0.05, 0) is 47.6 Å². The number of nitrogens with zero attached hydrogens (tertiary/aromatic N) is 2. The number of halogens is 2. The molecule has 4 aromatic rings. The molecule has 0 aliphatic rings. The van der Waals surface area contributed by atoms with Crippen molar-refractivity contribution in [1.29, 1.82) is 0 Å². The van der Waals surface area contributed by atoms with E-state index in [-0.39, 0.29) is 12.4 Å². The predicted molar refractivity (Wildman–Crippen MR) is 124 cm³/mol. The summed E-state index contributed by atoms with van der Waals surface area (Å²) in [5.41, 5.74) is 5.08. The third-order valence-corrected chi connectivity index (χ3v) is 5.65. The Labute approximate surface area is 189 Å². The van der Waals surface area contributed by atoms with Crippen LogP contribution in [0.1, 0.15) is 30.3 Å². The fourth-order valence-electron chi connectivity index (χ4n) is 3.47. The lowest BCUT2D eigenvalue weighted by Gasteiger charge is -2.17. The number of rotatable bonds is 8. The number of aromatic amines is 1. The molecule has 31 heavy (non-hydrogen) atoms. The summed E-state index contributed by atoms with van der Waals surface area (Å²) in [6, 6.07) is 16.4. The molecule has 0 radical (unpaired) electrons. The Morgan fingerprint density at radius 1 is 1.19 bits per heavy atom. The molecule has 1 heterocycles. The Hall–Kier alpha value is -2.90. The summed E-state index contributed by atoms with van der Waals surface area (Å²) < 4.78 is 21.8. The molecular formula is C23H22ClFN4OS. The predicted octanol–water partition coefficient (Wildman–Crippen LogP) is 6.16. The van der Waals surface area contributed by atoms with Crippen LogP contribution in [0, 0.1) is 10.6 Å². The van der Waals surface area contributed by atoms with Crippen LogP contribution in [-0.4, -0.2) is 14.9 Å². The van der Waals surface area contributed by atoms with Crippen molar-refractivity contribution in [2.24, 2.45) is 0 Å². The van der Waals surface area contributed by atoms with Crippen molar-refractivity contribution in [1.82, 2.24) is 14.9 Å². The third-order valence-electron chi connectivity index (χ3n) is 5.03. The number of aromatic nitrogens is 3. The van der Waals surface area contributed by atoms with Crippen LogP contribution >= 0.6 is 23.8 Å². The normalized spacial score (nSPS) is 11.1. The van der Waals surface area contributed by atoms with Gasteiger partial charge in [-0.2, -0.15) is 5.10 Å². The second-order valence-corrected chi connectivity index (χ2v) is 7.95. The highest BCUT2D eigenvalue weighted by molar-refractivity contribution is 7.71. The summed E-state index contributed by atoms with van der Waals surface area (Å²) in [5.74, 6) is 1.20. The van der Waals surface area contributed by atoms with Gasteiger partial charge in [0.15, 0.2) is 5.82 Å². The van der Waals surface area contributed by atoms with E-state index in [1.165, 1.54) is 12.1 Å². The van der Waals surface area contributed by atoms with Gasteiger partial charge in [-0.3, -0.25) is 5.10 Å². The number of nitrogens with one attached hydrogen (secondary N) is 2. The molecule has 2 N–H and O–H groups in total. The molecule has 0 saturated heterocycles. The van der Waals surface area contributed by atoms with Gasteiger partial charge in [0.25, 0.3) is 0 Å². The van der Waals surface area contributed by atoms with E-state index in [9.17, 15) is 4.39 Å². The minimum Gasteiger partial charge on any atom is -0.488 e. The monoisotopic (exact) mass is 456 g/mol. The maximum Gasteiger partial charge on any atom is 0.214 e. The quantitative estimate of drug-likeness (QED) is 0.312. The number of aryl methyl sites for hydroxylation is 1. The molecule has 5 nitrogen and oxygen atoms in total. The number of benzene rings is 3. The van der Waals surface area contributed by atoms with E-state index in [2.05, 4.69) is 34.7 Å². The smallest absolute Gasteiger partial charge is 0.214 e. The fourth-order valence-corrected chi connectivity index (χ4v) is 3.91. The third kappa shape index (κ3) is 4.73. The lowest BCUT2D eigenvalue weighted by atomic mass is 10.0. The van der Waals surface area contributed by atoms with Gasteiger partial charge in [0.1, 0.15) is 18.2 Å². The van der Waals surface area contributed by atoms with Crippen LogP contribution in [0.4, 0.5) is 4.39 Å². The van der Waals surface area contributed by atoms with Gasteiger partial charge < -0.3 is 10.2 Å². The van der Waals surface area contributed by atoms with E-state index in [1.54, 1.807) is 10.7 Å². The lowest BCUT2D eigenvalue weighted by Crippen LogP contribution is -2.18. The Bertz CT molecular complexity index is 1270. The summed E-state index contributed by atoms with van der Waals surface area (Å²) in [6.07, 6.45) is 1.77. The van der Waals surface area contributed by atoms with Gasteiger partial charge in [0, 0.05) is 17.5 Å². The zero-order valence-corrected chi connectivity index (χ0v) is 18.6. The van der Waals surface area contributed by atoms with E-state index in [0.717, 1.165) is 46.3 Å². The average molecular weight is 457 g/mol. The molecule has 4 rings (SSSR count). The first-order valence-electron chi connectivity index (χ1n) is 10.0. The first-order valence-corrected chi connectivity index (χ1v) is 10.8. The van der Waals surface area contributed by atoms with Gasteiger partial charge >= 0.3 is 0 Å². The maximum atomic E-state index is 13.4. The van der Waals surface area contributed by atoms with Crippen molar-refractivity contribution < 1.29 is 9.13 Å². The van der Waals surface area contributed by atoms with Crippen molar-refractivity contribution in [3.8, 4) is 5.75 Å². The minimum atomic E-state index is -0.371. The zero-order chi connectivity index (χ0) is 21.8. The van der Waals surface area contributed by atoms with E-state index in [4.69, 9.17) is 28.6 Å². The Morgan fingerprint density at radius 3 is 2.84 bits per heavy atom. The second kappa shape index (κ2) is 9.49. The topological polar surface area (TPSA) is 54.9 Å². The van der Waals surface area contributed by atoms with E-state index in [1.807, 2.05) is 24.3 Å². The first-order chi connectivity index (χ1) is 15.1. The van der Waals surface area contributed by atoms with Crippen LogP contribution in [0.5, 0.6) is 5.75 Å². The SMILES string of the molecule is CCCc1n[nH]c(=S)n1NCc1c(OCc2ccc(F)cc2Cl)ccc2ccccc12. The zero-order valence-electron chi connectivity index (χ0n) is 17.0. The summed E-state index contributed by atoms with van der Waals surface area (Å²) in [5, 5.41) is 9.67. The molecule has 0 fully saturated rings. The van der Waals surface area contributed by atoms with Crippen molar-refractivity contribution in [3.63, 3.8) is 0 Å². The lowest BCUT2D eigenvalue weighted by molar-refractivity contribution is 0.303. The van der Waals surface area contributed by atoms with Gasteiger partial charge in [0.2, 0.25) is 4.77 Å². The van der Waals surface area contributed by atoms with Gasteiger partial charge in [-0.25, -0.2) is 9.07 Å². The Morgan fingerprint density at radius 2 is 2.03 bits per heavy atom. The molecule has 0 spiro atoms. The molecule has 8 heteroatoms. The number of fused-ring (bicyclic) bond motifs is 1. The Balaban J connectivity index is 1.64. The second-order valence-electron chi connectivity index (χ2n) is 7.15. The van der Waals surface area contributed by atoms with E-state index in [0.29, 0.717) is 16.3 Å². The average Bonchev–Trinajstić information content (AvgIpc) is 3.11. The number of ether oxygens (including phenoxy) is 1. The van der Waals surface area contributed by atoms with Crippen LogP contribution < -0.4 is 10.2 Å². The van der Waals surface area contributed by atoms with E-state index < -0.39 is 0 Å². The van der Waals surface area contributed by atoms with Crippen molar-refractivity contribution >= 4 is 34.6 Å². The number of hydrogen-bond donors (Lipinski definition) is 2. The fraction of sp³-hybridized carbons (Fsp3) is 0.217. The summed E-state index contributed by atoms with van der Waals surface area (Å²) in [4.78, 5) is 0. The van der Waals surface area contributed by atoms with Crippen LogP contribution in [0.15, 0.2) is 54.6 Å². The molecule has 0 bridgehead atoms. The van der Waals surface area contributed by atoms with Crippen LogP contribution in [0.3, 0.4) is 0 Å². The van der Waals surface area contributed by atoms with Gasteiger partial charge in [-0.1, -0.05) is 54.9 Å². The largest absolute Gasteiger partial charge is 0.488 e. The van der Waals surface area contributed by atoms with Crippen LogP contribution in [0.25, 0.3) is 10.8 Å². The standard InChI is InChI=1S/C23H22ClFN4OS/c1-2-5-22-27-28-23(31)29(22)26-13-19-18-7-4-3-6-15(18)9-11-21(19)30-14-16-8-10-17(25)12-20(16)24/h3-4,6-12,26H,2,5,13-14H2,1H3,(H,28,31). The van der Waals surface area contributed by atoms with Crippen LogP contribution in [0.2, 0.25) is 5.02 Å². The molecule has 0 unspecified atom stereocenters. The molecule has 0 amide bonds. The molecule has 0 saturated carbocycles. The first kappa shape index (κ1) is 21.3. The highest BCUT2D eigenvalue weighted by Gasteiger charge is 2.12. The molecular weight excluding hydrogens is 435 g/mol. The van der Waals surface area contributed by atoms with Gasteiger partial charge in [0.05, 0.1) is 11.6 Å². The summed E-state index contributed by atoms with van der Waals surface area (Å²) >= 11 is 11.5. The molecule has 160 valence electrons. The number of H-pyrrole nitrogens is 1. The minimum absolute atomic E-state index is 0.233. The molecule has 0 atom stereocenters. The summed E-state index contributed by atoms with van der Waals surface area (Å²) in [6.45, 7) is 2.81. The molecule has 0 aliphatic heterocycles. The maximum absolute atomic E-state index is 13.4. The molecule has 1 aromatic heterocycles. The van der Waals surface area contributed by atoms with E-state index >= 15 is 0 Å².